The highest BCUT2D eigenvalue weighted by molar-refractivity contribution is 7.85. The van der Waals surface area contributed by atoms with Crippen molar-refractivity contribution in [2.24, 2.45) is 0 Å². The van der Waals surface area contributed by atoms with Gasteiger partial charge in [0.2, 0.25) is 5.91 Å². The Hall–Kier alpha value is -1.43. The van der Waals surface area contributed by atoms with Crippen LogP contribution in [0.2, 0.25) is 0 Å². The van der Waals surface area contributed by atoms with Gasteiger partial charge >= 0.3 is 0 Å². The number of hydrogen-bond acceptors (Lipinski definition) is 4. The maximum absolute atomic E-state index is 11.9. The number of aromatic nitrogens is 1. The first-order valence-electron chi connectivity index (χ1n) is 5.19. The number of nitrogen functional groups attached to an aromatic ring is 1. The van der Waals surface area contributed by atoms with Gasteiger partial charge in [-0.3, -0.25) is 9.00 Å². The Morgan fingerprint density at radius 2 is 2.18 bits per heavy atom. The molecule has 0 spiro atoms. The number of hydrogen-bond donors (Lipinski definition) is 2. The Balaban J connectivity index is 2.68. The van der Waals surface area contributed by atoms with Gasteiger partial charge in [-0.15, -0.1) is 0 Å². The summed E-state index contributed by atoms with van der Waals surface area (Å²) < 4.78 is 11.9. The van der Waals surface area contributed by atoms with Crippen molar-refractivity contribution in [1.29, 1.82) is 0 Å². The van der Waals surface area contributed by atoms with Crippen molar-refractivity contribution in [1.82, 2.24) is 10.3 Å². The summed E-state index contributed by atoms with van der Waals surface area (Å²) in [5, 5.41) is 3.00. The Morgan fingerprint density at radius 3 is 2.71 bits per heavy atom. The minimum absolute atomic E-state index is 0.127. The zero-order valence-corrected chi connectivity index (χ0v) is 11.0. The number of pyridine rings is 1. The van der Waals surface area contributed by atoms with Gasteiger partial charge in [0, 0.05) is 11.7 Å². The van der Waals surface area contributed by atoms with Gasteiger partial charge in [-0.2, -0.15) is 0 Å². The molecule has 0 fully saturated rings. The molecule has 0 aromatic carbocycles. The molecule has 0 aliphatic carbocycles. The fraction of sp³-hybridized carbons (Fsp3) is 0.455. The van der Waals surface area contributed by atoms with Crippen molar-refractivity contribution in [3.8, 4) is 0 Å². The second-order valence-electron chi connectivity index (χ2n) is 4.69. The van der Waals surface area contributed by atoms with Gasteiger partial charge < -0.3 is 11.1 Å². The molecule has 1 rings (SSSR count). The molecule has 94 valence electrons. The Labute approximate surface area is 103 Å². The van der Waals surface area contributed by atoms with Gasteiger partial charge in [0.25, 0.3) is 0 Å². The predicted molar refractivity (Wildman–Crippen MR) is 67.8 cm³/mol. The lowest BCUT2D eigenvalue weighted by atomic mass is 10.1. The summed E-state index contributed by atoms with van der Waals surface area (Å²) >= 11 is 0. The number of nitrogens with zero attached hydrogens (tertiary/aromatic N) is 1. The molecule has 0 aliphatic heterocycles. The quantitative estimate of drug-likeness (QED) is 0.832. The smallest absolute Gasteiger partial charge is 0.233 e. The van der Waals surface area contributed by atoms with Crippen molar-refractivity contribution in [3.05, 3.63) is 18.3 Å². The molecule has 3 N–H and O–H groups in total. The first-order valence-corrected chi connectivity index (χ1v) is 6.51. The summed E-state index contributed by atoms with van der Waals surface area (Å²) in [5.74, 6) is -0.403. The number of anilines is 1. The third-order valence-corrected chi connectivity index (χ3v) is 3.09. The van der Waals surface area contributed by atoms with Gasteiger partial charge in [-0.05, 0) is 32.9 Å². The van der Waals surface area contributed by atoms with Crippen molar-refractivity contribution >= 4 is 22.4 Å². The normalized spacial score (nSPS) is 13.1. The van der Waals surface area contributed by atoms with E-state index in [2.05, 4.69) is 10.3 Å². The summed E-state index contributed by atoms with van der Waals surface area (Å²) in [4.78, 5) is 15.5. The van der Waals surface area contributed by atoms with Crippen LogP contribution in [0, 0.1) is 0 Å². The second-order valence-corrected chi connectivity index (χ2v) is 6.05. The van der Waals surface area contributed by atoms with E-state index in [-0.39, 0.29) is 22.2 Å². The highest BCUT2D eigenvalue weighted by Gasteiger charge is 2.18. The highest BCUT2D eigenvalue weighted by Crippen LogP contribution is 2.12. The molecule has 1 aromatic heterocycles. The van der Waals surface area contributed by atoms with E-state index < -0.39 is 10.8 Å². The molecule has 1 heterocycles. The molecule has 1 aromatic rings. The molecule has 1 atom stereocenters. The van der Waals surface area contributed by atoms with E-state index in [1.165, 1.54) is 6.20 Å². The van der Waals surface area contributed by atoms with E-state index in [4.69, 9.17) is 5.73 Å². The summed E-state index contributed by atoms with van der Waals surface area (Å²) in [6, 6.07) is 3.27. The molecule has 17 heavy (non-hydrogen) atoms. The lowest BCUT2D eigenvalue weighted by molar-refractivity contribution is -0.119. The van der Waals surface area contributed by atoms with Crippen LogP contribution >= 0.6 is 0 Å². The average molecular weight is 255 g/mol. The fourth-order valence-corrected chi connectivity index (χ4v) is 2.19. The van der Waals surface area contributed by atoms with Gasteiger partial charge in [-0.25, -0.2) is 4.98 Å². The van der Waals surface area contributed by atoms with Crippen LogP contribution in [-0.4, -0.2) is 26.4 Å². The minimum atomic E-state index is -1.51. The highest BCUT2D eigenvalue weighted by atomic mass is 32.2. The largest absolute Gasteiger partial charge is 0.396 e. The number of amides is 1. The van der Waals surface area contributed by atoms with Gasteiger partial charge in [0.1, 0.15) is 5.75 Å². The van der Waals surface area contributed by atoms with Crippen LogP contribution in [-0.2, 0) is 15.6 Å². The molecule has 0 aliphatic rings. The van der Waals surface area contributed by atoms with E-state index >= 15 is 0 Å². The summed E-state index contributed by atoms with van der Waals surface area (Å²) in [6.45, 7) is 5.59. The van der Waals surface area contributed by atoms with Crippen LogP contribution in [0.3, 0.4) is 0 Å². The van der Waals surface area contributed by atoms with E-state index in [0.717, 1.165) is 0 Å². The topological polar surface area (TPSA) is 85.1 Å². The van der Waals surface area contributed by atoms with E-state index in [9.17, 15) is 9.00 Å². The Morgan fingerprint density at radius 1 is 1.53 bits per heavy atom. The number of nitrogens with one attached hydrogen (secondary N) is 1. The number of nitrogens with two attached hydrogens (primary N) is 1. The Kier molecular flexibility index (Phi) is 4.22. The minimum Gasteiger partial charge on any atom is -0.396 e. The standard InChI is InChI=1S/C11H17N3O2S/c1-11(2,3)14-9(15)7-17(16)10-8(12)5-4-6-13-10/h4-6H,7,12H2,1-3H3,(H,14,15). The lowest BCUT2D eigenvalue weighted by Gasteiger charge is -2.20. The molecule has 6 heteroatoms. The van der Waals surface area contributed by atoms with Crippen LogP contribution < -0.4 is 11.1 Å². The number of carbonyl (C=O) groups is 1. The third kappa shape index (κ3) is 4.52. The van der Waals surface area contributed by atoms with E-state index in [1.54, 1.807) is 12.1 Å². The van der Waals surface area contributed by atoms with Crippen molar-refractivity contribution in [2.45, 2.75) is 31.3 Å². The van der Waals surface area contributed by atoms with E-state index in [0.29, 0.717) is 5.69 Å². The lowest BCUT2D eigenvalue weighted by Crippen LogP contribution is -2.42. The van der Waals surface area contributed by atoms with E-state index in [1.807, 2.05) is 20.8 Å². The molecular formula is C11H17N3O2S. The number of rotatable bonds is 3. The maximum Gasteiger partial charge on any atom is 0.233 e. The molecule has 1 amide bonds. The number of carbonyl (C=O) groups excluding carboxylic acids is 1. The van der Waals surface area contributed by atoms with Gasteiger partial charge in [-0.1, -0.05) is 0 Å². The Bertz CT molecular complexity index is 441. The molecule has 0 saturated heterocycles. The van der Waals surface area contributed by atoms with Crippen molar-refractivity contribution < 1.29 is 9.00 Å². The molecule has 5 nitrogen and oxygen atoms in total. The van der Waals surface area contributed by atoms with Crippen LogP contribution in [0.4, 0.5) is 5.69 Å². The second kappa shape index (κ2) is 5.27. The zero-order valence-electron chi connectivity index (χ0n) is 10.2. The predicted octanol–water partition coefficient (Wildman–Crippen LogP) is 0.686. The molecule has 0 radical (unpaired) electrons. The van der Waals surface area contributed by atoms with Crippen LogP contribution in [0.1, 0.15) is 20.8 Å². The fourth-order valence-electron chi connectivity index (χ4n) is 1.24. The van der Waals surface area contributed by atoms with Crippen LogP contribution in [0.25, 0.3) is 0 Å². The summed E-state index contributed by atoms with van der Waals surface area (Å²) in [7, 11) is -1.51. The average Bonchev–Trinajstić information content (AvgIpc) is 2.14. The first-order chi connectivity index (χ1) is 7.79. The van der Waals surface area contributed by atoms with Crippen molar-refractivity contribution in [3.63, 3.8) is 0 Å². The maximum atomic E-state index is 11.9. The van der Waals surface area contributed by atoms with Gasteiger partial charge in [0.15, 0.2) is 5.03 Å². The third-order valence-electron chi connectivity index (χ3n) is 1.79. The zero-order chi connectivity index (χ0) is 13.1. The summed E-state index contributed by atoms with van der Waals surface area (Å²) in [5.41, 5.74) is 5.64. The summed E-state index contributed by atoms with van der Waals surface area (Å²) in [6.07, 6.45) is 1.51. The molecule has 0 saturated carbocycles. The molecular weight excluding hydrogens is 238 g/mol. The van der Waals surface area contributed by atoms with Gasteiger partial charge in [0.05, 0.1) is 16.5 Å². The molecule has 1 unspecified atom stereocenters. The SMILES string of the molecule is CC(C)(C)NC(=O)CS(=O)c1ncccc1N. The van der Waals surface area contributed by atoms with Crippen molar-refractivity contribution in [2.75, 3.05) is 11.5 Å². The monoisotopic (exact) mass is 255 g/mol. The van der Waals surface area contributed by atoms with Crippen LogP contribution in [0.5, 0.6) is 0 Å². The first kappa shape index (κ1) is 13.6. The molecule has 0 bridgehead atoms. The van der Waals surface area contributed by atoms with Crippen LogP contribution in [0.15, 0.2) is 23.4 Å².